The Morgan fingerprint density at radius 1 is 0.591 bits per heavy atom. The first-order valence-electron chi connectivity index (χ1n) is 9.91. The van der Waals surface area contributed by atoms with Gasteiger partial charge in [-0.2, -0.15) is 0 Å². The van der Waals surface area contributed by atoms with E-state index in [-0.39, 0.29) is 0 Å². The predicted molar refractivity (Wildman–Crippen MR) is 103 cm³/mol. The highest BCUT2D eigenvalue weighted by Crippen LogP contribution is 2.22. The van der Waals surface area contributed by atoms with Crippen molar-refractivity contribution in [2.75, 3.05) is 32.7 Å². The van der Waals surface area contributed by atoms with E-state index in [0.29, 0.717) is 0 Å². The fraction of sp³-hybridized carbons (Fsp3) is 1.00. The maximum atomic E-state index is 4.11. The lowest BCUT2D eigenvalue weighted by atomic mass is 10.4. The SMILES string of the molecule is CCCN[Si](CCC)(N(CCC)CCC)N(CCC)CCC. The third-order valence-electron chi connectivity index (χ3n) is 4.28. The van der Waals surface area contributed by atoms with Crippen molar-refractivity contribution in [2.45, 2.75) is 86.1 Å². The Labute approximate surface area is 142 Å². The Kier molecular flexibility index (Phi) is 13.6. The zero-order chi connectivity index (χ0) is 16.8. The lowest BCUT2D eigenvalue weighted by Gasteiger charge is -2.49. The van der Waals surface area contributed by atoms with Crippen LogP contribution in [-0.4, -0.2) is 50.4 Å². The minimum Gasteiger partial charge on any atom is -0.313 e. The van der Waals surface area contributed by atoms with Crippen molar-refractivity contribution in [1.29, 1.82) is 0 Å². The molecule has 22 heavy (non-hydrogen) atoms. The molecular weight excluding hydrogens is 286 g/mol. The first kappa shape index (κ1) is 22.1. The summed E-state index contributed by atoms with van der Waals surface area (Å²) in [6.07, 6.45) is 7.57. The highest BCUT2D eigenvalue weighted by atomic mass is 28.4. The third kappa shape index (κ3) is 6.69. The molecule has 3 nitrogen and oxygen atoms in total. The Bertz CT molecular complexity index is 220. The molecule has 0 fully saturated rings. The molecule has 0 amide bonds. The summed E-state index contributed by atoms with van der Waals surface area (Å²) >= 11 is 0. The minimum atomic E-state index is -1.74. The molecule has 0 aromatic rings. The van der Waals surface area contributed by atoms with Crippen LogP contribution >= 0.6 is 0 Å². The van der Waals surface area contributed by atoms with E-state index in [9.17, 15) is 0 Å². The Morgan fingerprint density at radius 3 is 1.27 bits per heavy atom. The highest BCUT2D eigenvalue weighted by Gasteiger charge is 2.43. The van der Waals surface area contributed by atoms with Gasteiger partial charge in [-0.15, -0.1) is 0 Å². The first-order valence-corrected chi connectivity index (χ1v) is 12.0. The van der Waals surface area contributed by atoms with Crippen LogP contribution in [0.15, 0.2) is 0 Å². The van der Waals surface area contributed by atoms with E-state index in [2.05, 4.69) is 55.7 Å². The molecule has 0 aliphatic rings. The molecule has 0 saturated heterocycles. The third-order valence-corrected chi connectivity index (χ3v) is 9.28. The second-order valence-corrected chi connectivity index (χ2v) is 10.2. The molecule has 0 rings (SSSR count). The van der Waals surface area contributed by atoms with Gasteiger partial charge in [-0.3, -0.25) is 9.13 Å². The number of nitrogens with one attached hydrogen (secondary N) is 1. The summed E-state index contributed by atoms with van der Waals surface area (Å²) in [7, 11) is -1.74. The molecule has 0 aliphatic heterocycles. The van der Waals surface area contributed by atoms with E-state index in [1.54, 1.807) is 0 Å². The zero-order valence-corrected chi connectivity index (χ0v) is 17.4. The lowest BCUT2D eigenvalue weighted by Crippen LogP contribution is -2.74. The summed E-state index contributed by atoms with van der Waals surface area (Å²) in [6.45, 7) is 20.2. The molecule has 0 atom stereocenters. The number of rotatable bonds is 15. The smallest absolute Gasteiger partial charge is 0.286 e. The molecule has 0 saturated carbocycles. The largest absolute Gasteiger partial charge is 0.313 e. The molecule has 134 valence electrons. The molecule has 0 aromatic heterocycles. The molecule has 0 aromatic carbocycles. The van der Waals surface area contributed by atoms with Crippen LogP contribution in [0.3, 0.4) is 0 Å². The van der Waals surface area contributed by atoms with Gasteiger partial charge in [-0.25, -0.2) is 0 Å². The van der Waals surface area contributed by atoms with Crippen LogP contribution in [0.1, 0.15) is 80.1 Å². The molecule has 0 spiro atoms. The van der Waals surface area contributed by atoms with Crippen LogP contribution in [-0.2, 0) is 0 Å². The van der Waals surface area contributed by atoms with Gasteiger partial charge in [0.2, 0.25) is 0 Å². The van der Waals surface area contributed by atoms with Crippen molar-refractivity contribution in [3.8, 4) is 0 Å². The van der Waals surface area contributed by atoms with Crippen LogP contribution in [0, 0.1) is 0 Å². The van der Waals surface area contributed by atoms with Crippen LogP contribution < -0.4 is 4.98 Å². The van der Waals surface area contributed by atoms with Gasteiger partial charge >= 0.3 is 0 Å². The van der Waals surface area contributed by atoms with Gasteiger partial charge in [0, 0.05) is 0 Å². The van der Waals surface area contributed by atoms with Gasteiger partial charge in [0.15, 0.2) is 0 Å². The molecule has 4 heteroatoms. The Balaban J connectivity index is 5.56. The summed E-state index contributed by atoms with van der Waals surface area (Å²) in [6, 6.07) is 1.35. The minimum absolute atomic E-state index is 1.17. The average molecular weight is 330 g/mol. The summed E-state index contributed by atoms with van der Waals surface area (Å²) in [5.41, 5.74) is 0. The summed E-state index contributed by atoms with van der Waals surface area (Å²) < 4.78 is 5.74. The fourth-order valence-corrected chi connectivity index (χ4v) is 8.92. The van der Waals surface area contributed by atoms with Gasteiger partial charge in [0.05, 0.1) is 0 Å². The highest BCUT2D eigenvalue weighted by molar-refractivity contribution is 6.72. The molecule has 1 N–H and O–H groups in total. The number of nitrogens with zero attached hydrogens (tertiary/aromatic N) is 2. The van der Waals surface area contributed by atoms with Crippen molar-refractivity contribution in [3.05, 3.63) is 0 Å². The van der Waals surface area contributed by atoms with E-state index in [4.69, 9.17) is 0 Å². The van der Waals surface area contributed by atoms with Crippen LogP contribution in [0.25, 0.3) is 0 Å². The molecule has 0 radical (unpaired) electrons. The van der Waals surface area contributed by atoms with E-state index in [1.165, 1.54) is 77.3 Å². The van der Waals surface area contributed by atoms with Crippen LogP contribution in [0.2, 0.25) is 6.04 Å². The van der Waals surface area contributed by atoms with Gasteiger partial charge < -0.3 is 4.98 Å². The van der Waals surface area contributed by atoms with E-state index in [0.717, 1.165) is 0 Å². The molecule has 0 bridgehead atoms. The second-order valence-electron chi connectivity index (χ2n) is 6.47. The van der Waals surface area contributed by atoms with E-state index < -0.39 is 8.56 Å². The topological polar surface area (TPSA) is 18.5 Å². The van der Waals surface area contributed by atoms with E-state index in [1.807, 2.05) is 0 Å². The number of hydrogen-bond donors (Lipinski definition) is 1. The number of hydrogen-bond acceptors (Lipinski definition) is 3. The average Bonchev–Trinajstić information content (AvgIpc) is 2.51. The van der Waals surface area contributed by atoms with Crippen LogP contribution in [0.5, 0.6) is 0 Å². The molecule has 0 unspecified atom stereocenters. The van der Waals surface area contributed by atoms with Crippen molar-refractivity contribution < 1.29 is 0 Å². The van der Waals surface area contributed by atoms with Gasteiger partial charge in [0.25, 0.3) is 8.56 Å². The Hall–Kier alpha value is 0.0969. The monoisotopic (exact) mass is 329 g/mol. The summed E-state index contributed by atoms with van der Waals surface area (Å²) in [4.78, 5) is 4.11. The zero-order valence-electron chi connectivity index (χ0n) is 16.4. The van der Waals surface area contributed by atoms with Gasteiger partial charge in [-0.05, 0) is 70.9 Å². The van der Waals surface area contributed by atoms with Crippen molar-refractivity contribution in [3.63, 3.8) is 0 Å². The van der Waals surface area contributed by atoms with Crippen LogP contribution in [0.4, 0.5) is 0 Å². The normalized spacial score (nSPS) is 12.5. The van der Waals surface area contributed by atoms with Crippen molar-refractivity contribution >= 4 is 8.56 Å². The standard InChI is InChI=1S/C18H43N3Si/c1-7-13-19-22(18-12-6,20(14-8-2)15-9-3)21(16-10-4)17-11-5/h19H,7-18H2,1-6H3. The molecular formula is C18H43N3Si. The van der Waals surface area contributed by atoms with Crippen molar-refractivity contribution in [2.24, 2.45) is 0 Å². The first-order chi connectivity index (χ1) is 10.7. The predicted octanol–water partition coefficient (Wildman–Crippen LogP) is 4.58. The van der Waals surface area contributed by atoms with E-state index >= 15 is 0 Å². The summed E-state index contributed by atoms with van der Waals surface area (Å²) in [5.74, 6) is 0. The Morgan fingerprint density at radius 2 is 1.00 bits per heavy atom. The maximum absolute atomic E-state index is 4.11. The maximum Gasteiger partial charge on any atom is 0.286 e. The molecule has 0 heterocycles. The van der Waals surface area contributed by atoms with Crippen molar-refractivity contribution in [1.82, 2.24) is 14.1 Å². The van der Waals surface area contributed by atoms with Gasteiger partial charge in [-0.1, -0.05) is 48.0 Å². The fourth-order valence-electron chi connectivity index (χ4n) is 3.55. The quantitative estimate of drug-likeness (QED) is 0.444. The summed E-state index contributed by atoms with van der Waals surface area (Å²) in [5, 5.41) is 0. The second kappa shape index (κ2) is 13.5. The molecule has 0 aliphatic carbocycles. The lowest BCUT2D eigenvalue weighted by molar-refractivity contribution is 0.299. The van der Waals surface area contributed by atoms with Gasteiger partial charge in [0.1, 0.15) is 0 Å².